The van der Waals surface area contributed by atoms with Crippen LogP contribution in [-0.2, 0) is 14.8 Å². The SMILES string of the molecule is COc1ccc(S(=O)(=O)N2CCCC(CNC(=O)C3CCCN3)C2)cn1.Cl. The first kappa shape index (κ1) is 21.9. The highest BCUT2D eigenvalue weighted by atomic mass is 35.5. The standard InChI is InChI=1S/C17H26N4O4S.ClH/c1-25-16-7-6-14(11-19-16)26(23,24)21-9-3-4-13(12-21)10-20-17(22)15-5-2-8-18-15;/h6-7,11,13,15,18H,2-5,8-10,12H2,1H3,(H,20,22);1H. The van der Waals surface area contributed by atoms with Gasteiger partial charge in [-0.05, 0) is 44.2 Å². The molecule has 10 heteroatoms. The lowest BCUT2D eigenvalue weighted by Gasteiger charge is -2.32. The molecule has 3 heterocycles. The summed E-state index contributed by atoms with van der Waals surface area (Å²) in [5, 5.41) is 6.14. The second-order valence-corrected chi connectivity index (χ2v) is 8.74. The number of hydrogen-bond acceptors (Lipinski definition) is 6. The van der Waals surface area contributed by atoms with Crippen LogP contribution in [-0.4, -0.2) is 62.9 Å². The Hall–Kier alpha value is -1.42. The van der Waals surface area contributed by atoms with E-state index >= 15 is 0 Å². The molecule has 1 aromatic rings. The molecule has 2 fully saturated rings. The van der Waals surface area contributed by atoms with Crippen molar-refractivity contribution in [3.8, 4) is 5.88 Å². The maximum atomic E-state index is 12.8. The number of ether oxygens (including phenoxy) is 1. The number of sulfonamides is 1. The molecule has 0 radical (unpaired) electrons. The van der Waals surface area contributed by atoms with Crippen LogP contribution >= 0.6 is 12.4 Å². The third-order valence-corrected chi connectivity index (χ3v) is 6.83. The van der Waals surface area contributed by atoms with Gasteiger partial charge in [-0.1, -0.05) is 0 Å². The van der Waals surface area contributed by atoms with Crippen LogP contribution in [0.25, 0.3) is 0 Å². The minimum Gasteiger partial charge on any atom is -0.481 e. The molecule has 2 unspecified atom stereocenters. The van der Waals surface area contributed by atoms with Crippen molar-refractivity contribution in [1.29, 1.82) is 0 Å². The molecule has 2 N–H and O–H groups in total. The third-order valence-electron chi connectivity index (χ3n) is 4.98. The maximum Gasteiger partial charge on any atom is 0.244 e. The fourth-order valence-electron chi connectivity index (χ4n) is 3.48. The number of hydrogen-bond donors (Lipinski definition) is 2. The molecule has 2 aliphatic heterocycles. The second-order valence-electron chi connectivity index (χ2n) is 6.80. The van der Waals surface area contributed by atoms with Crippen molar-refractivity contribution < 1.29 is 17.9 Å². The Balaban J connectivity index is 0.00000261. The minimum absolute atomic E-state index is 0. The molecule has 0 saturated carbocycles. The van der Waals surface area contributed by atoms with E-state index in [4.69, 9.17) is 4.74 Å². The van der Waals surface area contributed by atoms with Gasteiger partial charge in [-0.15, -0.1) is 12.4 Å². The predicted molar refractivity (Wildman–Crippen MR) is 104 cm³/mol. The molecule has 3 rings (SSSR count). The summed E-state index contributed by atoms with van der Waals surface area (Å²) in [4.78, 5) is 16.3. The van der Waals surface area contributed by atoms with Gasteiger partial charge in [0.1, 0.15) is 4.90 Å². The number of piperidine rings is 1. The first-order valence-electron chi connectivity index (χ1n) is 9.02. The van der Waals surface area contributed by atoms with Crippen molar-refractivity contribution in [2.75, 3.05) is 33.3 Å². The largest absolute Gasteiger partial charge is 0.481 e. The van der Waals surface area contributed by atoms with Gasteiger partial charge in [-0.3, -0.25) is 4.79 Å². The third kappa shape index (κ3) is 5.31. The van der Waals surface area contributed by atoms with E-state index in [1.807, 2.05) is 0 Å². The van der Waals surface area contributed by atoms with Crippen molar-refractivity contribution in [3.05, 3.63) is 18.3 Å². The van der Waals surface area contributed by atoms with E-state index in [-0.39, 0.29) is 35.2 Å². The molecule has 2 saturated heterocycles. The molecule has 2 aliphatic rings. The molecular weight excluding hydrogens is 392 g/mol. The van der Waals surface area contributed by atoms with Crippen molar-refractivity contribution >= 4 is 28.3 Å². The summed E-state index contributed by atoms with van der Waals surface area (Å²) in [6, 6.07) is 2.95. The first-order chi connectivity index (χ1) is 12.5. The van der Waals surface area contributed by atoms with Gasteiger partial charge < -0.3 is 15.4 Å². The van der Waals surface area contributed by atoms with Crippen molar-refractivity contribution in [2.24, 2.45) is 5.92 Å². The molecule has 152 valence electrons. The van der Waals surface area contributed by atoms with E-state index in [1.165, 1.54) is 23.7 Å². The van der Waals surface area contributed by atoms with Gasteiger partial charge in [-0.25, -0.2) is 13.4 Å². The molecule has 1 aromatic heterocycles. The number of nitrogens with one attached hydrogen (secondary N) is 2. The van der Waals surface area contributed by atoms with Crippen LogP contribution in [0.2, 0.25) is 0 Å². The summed E-state index contributed by atoms with van der Waals surface area (Å²) in [6.45, 7) is 2.28. The molecule has 8 nitrogen and oxygen atoms in total. The number of rotatable bonds is 6. The number of carbonyl (C=O) groups excluding carboxylic acids is 1. The number of nitrogens with zero attached hydrogens (tertiary/aromatic N) is 2. The van der Waals surface area contributed by atoms with E-state index in [0.29, 0.717) is 25.5 Å². The highest BCUT2D eigenvalue weighted by Gasteiger charge is 2.31. The Morgan fingerprint density at radius 2 is 2.19 bits per heavy atom. The van der Waals surface area contributed by atoms with E-state index in [2.05, 4.69) is 15.6 Å². The topological polar surface area (TPSA) is 101 Å². The summed E-state index contributed by atoms with van der Waals surface area (Å²) in [5.41, 5.74) is 0. The van der Waals surface area contributed by atoms with Crippen LogP contribution in [0.3, 0.4) is 0 Å². The van der Waals surface area contributed by atoms with Crippen molar-refractivity contribution in [3.63, 3.8) is 0 Å². The van der Waals surface area contributed by atoms with Gasteiger partial charge >= 0.3 is 0 Å². The summed E-state index contributed by atoms with van der Waals surface area (Å²) in [5.74, 6) is 0.514. The Bertz CT molecular complexity index is 723. The molecule has 0 bridgehead atoms. The number of pyridine rings is 1. The summed E-state index contributed by atoms with van der Waals surface area (Å²) in [6.07, 6.45) is 4.90. The lowest BCUT2D eigenvalue weighted by atomic mass is 9.99. The van der Waals surface area contributed by atoms with Crippen molar-refractivity contribution in [1.82, 2.24) is 19.9 Å². The van der Waals surface area contributed by atoms with Gasteiger partial charge in [0.2, 0.25) is 21.8 Å². The van der Waals surface area contributed by atoms with E-state index in [1.54, 1.807) is 6.07 Å². The monoisotopic (exact) mass is 418 g/mol. The van der Waals surface area contributed by atoms with Crippen LogP contribution in [0.5, 0.6) is 5.88 Å². The molecule has 0 aromatic carbocycles. The smallest absolute Gasteiger partial charge is 0.244 e. The van der Waals surface area contributed by atoms with Crippen LogP contribution < -0.4 is 15.4 Å². The molecule has 2 atom stereocenters. The van der Waals surface area contributed by atoms with Crippen LogP contribution in [0.1, 0.15) is 25.7 Å². The van der Waals surface area contributed by atoms with E-state index in [0.717, 1.165) is 32.2 Å². The van der Waals surface area contributed by atoms with Crippen molar-refractivity contribution in [2.45, 2.75) is 36.6 Å². The lowest BCUT2D eigenvalue weighted by molar-refractivity contribution is -0.123. The number of aromatic nitrogens is 1. The van der Waals surface area contributed by atoms with Gasteiger partial charge in [0.15, 0.2) is 0 Å². The van der Waals surface area contributed by atoms with E-state index < -0.39 is 10.0 Å². The zero-order valence-electron chi connectivity index (χ0n) is 15.4. The van der Waals surface area contributed by atoms with Crippen LogP contribution in [0.4, 0.5) is 0 Å². The average Bonchev–Trinajstić information content (AvgIpc) is 3.21. The quantitative estimate of drug-likeness (QED) is 0.708. The summed E-state index contributed by atoms with van der Waals surface area (Å²) in [7, 11) is -2.10. The highest BCUT2D eigenvalue weighted by Crippen LogP contribution is 2.24. The predicted octanol–water partition coefficient (Wildman–Crippen LogP) is 0.781. The average molecular weight is 419 g/mol. The van der Waals surface area contributed by atoms with Gasteiger partial charge in [0, 0.05) is 25.7 Å². The van der Waals surface area contributed by atoms with Gasteiger partial charge in [-0.2, -0.15) is 4.31 Å². The molecular formula is C17H27ClN4O4S. The van der Waals surface area contributed by atoms with Gasteiger partial charge in [0.25, 0.3) is 0 Å². The molecule has 0 spiro atoms. The normalized spacial score (nSPS) is 23.4. The molecule has 1 amide bonds. The summed E-state index contributed by atoms with van der Waals surface area (Å²) < 4.78 is 32.1. The Kier molecular flexibility index (Phi) is 7.84. The zero-order chi connectivity index (χ0) is 18.6. The van der Waals surface area contributed by atoms with Crippen LogP contribution in [0, 0.1) is 5.92 Å². The van der Waals surface area contributed by atoms with Gasteiger partial charge in [0.05, 0.1) is 19.3 Å². The maximum absolute atomic E-state index is 12.8. The Labute approximate surface area is 166 Å². The summed E-state index contributed by atoms with van der Waals surface area (Å²) >= 11 is 0. The molecule has 0 aliphatic carbocycles. The highest BCUT2D eigenvalue weighted by molar-refractivity contribution is 7.89. The number of amides is 1. The number of carbonyl (C=O) groups is 1. The van der Waals surface area contributed by atoms with E-state index in [9.17, 15) is 13.2 Å². The Morgan fingerprint density at radius 3 is 2.81 bits per heavy atom. The minimum atomic E-state index is -3.58. The number of methoxy groups -OCH3 is 1. The number of halogens is 1. The molecule has 27 heavy (non-hydrogen) atoms. The second kappa shape index (κ2) is 9.68. The Morgan fingerprint density at radius 1 is 1.37 bits per heavy atom. The lowest BCUT2D eigenvalue weighted by Crippen LogP contribution is -2.46. The van der Waals surface area contributed by atoms with Crippen LogP contribution in [0.15, 0.2) is 23.2 Å². The first-order valence-corrected chi connectivity index (χ1v) is 10.5. The fourth-order valence-corrected chi connectivity index (χ4v) is 4.98. The zero-order valence-corrected chi connectivity index (χ0v) is 17.0. The fraction of sp³-hybridized carbons (Fsp3) is 0.647.